The average Bonchev–Trinajstić information content (AvgIpc) is 2.96. The molecule has 0 unspecified atom stereocenters. The van der Waals surface area contributed by atoms with Gasteiger partial charge in [0.2, 0.25) is 0 Å². The Labute approximate surface area is 141 Å². The van der Waals surface area contributed by atoms with E-state index in [4.69, 9.17) is 5.11 Å². The van der Waals surface area contributed by atoms with E-state index in [9.17, 15) is 27.2 Å². The normalized spacial score (nSPS) is 20.6. The summed E-state index contributed by atoms with van der Waals surface area (Å²) in [4.78, 5) is 23.8. The highest BCUT2D eigenvalue weighted by molar-refractivity contribution is 5.77. The van der Waals surface area contributed by atoms with Crippen LogP contribution in [0.5, 0.6) is 0 Å². The van der Waals surface area contributed by atoms with E-state index < -0.39 is 48.9 Å². The number of alkyl halides is 3. The van der Waals surface area contributed by atoms with E-state index in [1.54, 1.807) is 19.1 Å². The van der Waals surface area contributed by atoms with E-state index >= 15 is 0 Å². The van der Waals surface area contributed by atoms with Crippen LogP contribution < -0.4 is 5.32 Å². The topological polar surface area (TPSA) is 69.6 Å². The van der Waals surface area contributed by atoms with E-state index in [2.05, 4.69) is 5.32 Å². The number of carbonyl (C=O) groups excluding carboxylic acids is 1. The van der Waals surface area contributed by atoms with Crippen LogP contribution in [-0.4, -0.2) is 47.8 Å². The molecule has 0 aliphatic carbocycles. The number of rotatable bonds is 4. The highest BCUT2D eigenvalue weighted by Crippen LogP contribution is 2.37. The summed E-state index contributed by atoms with van der Waals surface area (Å²) in [6.45, 7) is 0.606. The van der Waals surface area contributed by atoms with Gasteiger partial charge in [0.1, 0.15) is 5.82 Å². The lowest BCUT2D eigenvalue weighted by molar-refractivity contribution is -0.187. The zero-order valence-electron chi connectivity index (χ0n) is 13.4. The van der Waals surface area contributed by atoms with Crippen molar-refractivity contribution in [1.29, 1.82) is 0 Å². The number of aryl methyl sites for hydroxylation is 1. The van der Waals surface area contributed by atoms with Crippen molar-refractivity contribution in [3.63, 3.8) is 0 Å². The first kappa shape index (κ1) is 19.0. The van der Waals surface area contributed by atoms with Gasteiger partial charge in [-0.3, -0.25) is 4.79 Å². The van der Waals surface area contributed by atoms with E-state index in [1.807, 2.05) is 0 Å². The molecule has 9 heteroatoms. The molecule has 1 fully saturated rings. The number of hydrogen-bond acceptors (Lipinski definition) is 2. The summed E-state index contributed by atoms with van der Waals surface area (Å²) in [5.41, 5.74) is 1.23. The lowest BCUT2D eigenvalue weighted by Crippen LogP contribution is -2.40. The molecule has 138 valence electrons. The Morgan fingerprint density at radius 1 is 1.32 bits per heavy atom. The highest BCUT2D eigenvalue weighted by atomic mass is 19.4. The zero-order chi connectivity index (χ0) is 18.8. The van der Waals surface area contributed by atoms with Crippen molar-refractivity contribution >= 4 is 12.0 Å². The minimum Gasteiger partial charge on any atom is -0.481 e. The fourth-order valence-electron chi connectivity index (χ4n) is 2.86. The van der Waals surface area contributed by atoms with Gasteiger partial charge < -0.3 is 15.3 Å². The second-order valence-corrected chi connectivity index (χ2v) is 6.07. The third kappa shape index (κ3) is 4.61. The van der Waals surface area contributed by atoms with Crippen LogP contribution in [0.25, 0.3) is 0 Å². The quantitative estimate of drug-likeness (QED) is 0.809. The second kappa shape index (κ2) is 7.28. The number of amides is 2. The third-order valence-corrected chi connectivity index (χ3v) is 4.22. The number of carboxylic acids is 1. The van der Waals surface area contributed by atoms with E-state index in [1.165, 1.54) is 6.07 Å². The highest BCUT2D eigenvalue weighted by Gasteiger charge is 2.53. The molecular weight excluding hydrogens is 344 g/mol. The molecule has 0 saturated carbocycles. The smallest absolute Gasteiger partial charge is 0.394 e. The van der Waals surface area contributed by atoms with E-state index in [0.29, 0.717) is 5.56 Å². The van der Waals surface area contributed by atoms with Crippen LogP contribution in [0, 0.1) is 24.6 Å². The van der Waals surface area contributed by atoms with Crippen molar-refractivity contribution in [3.8, 4) is 0 Å². The standard InChI is InChI=1S/C16H18F4N2O3/c1-9-2-3-13(17)10(6-9)4-5-21-15(25)22-7-11(14(23)24)12(8-22)16(18,19)20/h2-3,6,11-12H,4-5,7-8H2,1H3,(H,21,25)(H,23,24)/t11-,12-/m1/s1. The van der Waals surface area contributed by atoms with Gasteiger partial charge in [0, 0.05) is 19.6 Å². The molecule has 25 heavy (non-hydrogen) atoms. The lowest BCUT2D eigenvalue weighted by atomic mass is 9.96. The van der Waals surface area contributed by atoms with Gasteiger partial charge in [-0.15, -0.1) is 0 Å². The molecule has 1 aromatic carbocycles. The molecule has 1 aliphatic heterocycles. The molecule has 2 amide bonds. The zero-order valence-corrected chi connectivity index (χ0v) is 13.4. The number of halogens is 4. The van der Waals surface area contributed by atoms with Crippen LogP contribution in [-0.2, 0) is 11.2 Å². The Balaban J connectivity index is 1.93. The van der Waals surface area contributed by atoms with Gasteiger partial charge in [0.15, 0.2) is 0 Å². The Morgan fingerprint density at radius 2 is 2.00 bits per heavy atom. The molecule has 0 radical (unpaired) electrons. The molecule has 5 nitrogen and oxygen atoms in total. The minimum atomic E-state index is -4.69. The van der Waals surface area contributed by atoms with Crippen molar-refractivity contribution < 1.29 is 32.3 Å². The van der Waals surface area contributed by atoms with Crippen LogP contribution >= 0.6 is 0 Å². The van der Waals surface area contributed by atoms with Crippen LogP contribution in [0.1, 0.15) is 11.1 Å². The van der Waals surface area contributed by atoms with Crippen LogP contribution in [0.4, 0.5) is 22.4 Å². The number of carboxylic acid groups (broad SMARTS) is 1. The summed E-state index contributed by atoms with van der Waals surface area (Å²) in [6.07, 6.45) is -4.51. The largest absolute Gasteiger partial charge is 0.481 e. The van der Waals surface area contributed by atoms with Crippen LogP contribution in [0.2, 0.25) is 0 Å². The van der Waals surface area contributed by atoms with Gasteiger partial charge in [-0.2, -0.15) is 13.2 Å². The summed E-state index contributed by atoms with van der Waals surface area (Å²) in [5, 5.41) is 11.3. The molecule has 2 N–H and O–H groups in total. The fourth-order valence-corrected chi connectivity index (χ4v) is 2.86. The summed E-state index contributed by atoms with van der Waals surface area (Å²) in [7, 11) is 0. The number of urea groups is 1. The third-order valence-electron chi connectivity index (χ3n) is 4.22. The predicted molar refractivity (Wildman–Crippen MR) is 80.5 cm³/mol. The van der Waals surface area contributed by atoms with Crippen molar-refractivity contribution in [2.45, 2.75) is 19.5 Å². The first-order valence-corrected chi connectivity index (χ1v) is 7.67. The maximum absolute atomic E-state index is 13.6. The molecule has 0 aromatic heterocycles. The molecule has 1 aliphatic rings. The second-order valence-electron chi connectivity index (χ2n) is 6.07. The van der Waals surface area contributed by atoms with Gasteiger partial charge in [0.25, 0.3) is 0 Å². The van der Waals surface area contributed by atoms with Crippen LogP contribution in [0.3, 0.4) is 0 Å². The van der Waals surface area contributed by atoms with E-state index in [0.717, 1.165) is 10.5 Å². The maximum atomic E-state index is 13.6. The molecule has 2 atom stereocenters. The maximum Gasteiger partial charge on any atom is 0.394 e. The monoisotopic (exact) mass is 362 g/mol. The fraction of sp³-hybridized carbons (Fsp3) is 0.500. The number of nitrogens with zero attached hydrogens (tertiary/aromatic N) is 1. The Bertz CT molecular complexity index is 663. The number of likely N-dealkylation sites (tertiary alicyclic amines) is 1. The van der Waals surface area contributed by atoms with Gasteiger partial charge in [-0.05, 0) is 25.0 Å². The van der Waals surface area contributed by atoms with Crippen molar-refractivity contribution in [3.05, 3.63) is 35.1 Å². The number of aliphatic carboxylic acids is 1. The number of benzene rings is 1. The molecule has 1 aromatic rings. The minimum absolute atomic E-state index is 0.0319. The predicted octanol–water partition coefficient (Wildman–Crippen LogP) is 2.58. The van der Waals surface area contributed by atoms with E-state index in [-0.39, 0.29) is 13.0 Å². The molecule has 1 heterocycles. The summed E-state index contributed by atoms with van der Waals surface area (Å²) in [5.74, 6) is -5.78. The molecule has 0 bridgehead atoms. The lowest BCUT2D eigenvalue weighted by Gasteiger charge is -2.18. The summed E-state index contributed by atoms with van der Waals surface area (Å²) < 4.78 is 52.3. The number of carbonyl (C=O) groups is 2. The first-order chi connectivity index (χ1) is 11.6. The first-order valence-electron chi connectivity index (χ1n) is 7.67. The van der Waals surface area contributed by atoms with Crippen molar-refractivity contribution in [1.82, 2.24) is 10.2 Å². The SMILES string of the molecule is Cc1ccc(F)c(CCNC(=O)N2C[C@@H](C(F)(F)F)[C@H](C(=O)O)C2)c1. The average molecular weight is 362 g/mol. The molecule has 0 spiro atoms. The van der Waals surface area contributed by atoms with Crippen molar-refractivity contribution in [2.75, 3.05) is 19.6 Å². The van der Waals surface area contributed by atoms with Gasteiger partial charge in [-0.25, -0.2) is 9.18 Å². The molecular formula is C16H18F4N2O3. The van der Waals surface area contributed by atoms with Gasteiger partial charge in [-0.1, -0.05) is 17.7 Å². The summed E-state index contributed by atoms with van der Waals surface area (Å²) >= 11 is 0. The Morgan fingerprint density at radius 3 is 2.56 bits per heavy atom. The van der Waals surface area contributed by atoms with Crippen LogP contribution in [0.15, 0.2) is 18.2 Å². The molecule has 2 rings (SSSR count). The number of nitrogens with one attached hydrogen (secondary N) is 1. The molecule has 1 saturated heterocycles. The Hall–Kier alpha value is -2.32. The van der Waals surface area contributed by atoms with Gasteiger partial charge >= 0.3 is 18.2 Å². The van der Waals surface area contributed by atoms with Crippen molar-refractivity contribution in [2.24, 2.45) is 11.8 Å². The number of hydrogen-bond donors (Lipinski definition) is 2. The Kier molecular flexibility index (Phi) is 5.54. The summed E-state index contributed by atoms with van der Waals surface area (Å²) in [6, 6.07) is 3.74. The van der Waals surface area contributed by atoms with Gasteiger partial charge in [0.05, 0.1) is 11.8 Å².